The van der Waals surface area contributed by atoms with E-state index >= 15 is 0 Å². The van der Waals surface area contributed by atoms with Crippen molar-refractivity contribution in [3.8, 4) is 0 Å². The van der Waals surface area contributed by atoms with Crippen LogP contribution in [0.15, 0.2) is 35.9 Å². The van der Waals surface area contributed by atoms with Gasteiger partial charge < -0.3 is 34.6 Å². The molecule has 40 heavy (non-hydrogen) atoms. The molecule has 10 nitrogen and oxygen atoms in total. The minimum Gasteiger partial charge on any atom is -0.460 e. The lowest BCUT2D eigenvalue weighted by molar-refractivity contribution is -0.171. The SMILES string of the molecule is CC(C)(C)OC(=O)CCC(CO)NC(=O)C1CCCN1C(=O)C1=CC2OC3(Cc4ccccc4C3)OC2C(O)C1. The number of esters is 1. The molecule has 2 saturated heterocycles. The molecule has 2 aliphatic carbocycles. The van der Waals surface area contributed by atoms with Crippen molar-refractivity contribution in [2.24, 2.45) is 0 Å². The van der Waals surface area contributed by atoms with E-state index in [1.807, 2.05) is 12.1 Å². The van der Waals surface area contributed by atoms with Crippen LogP contribution in [0.25, 0.3) is 0 Å². The van der Waals surface area contributed by atoms with E-state index in [2.05, 4.69) is 17.4 Å². The first kappa shape index (κ1) is 28.7. The predicted octanol–water partition coefficient (Wildman–Crippen LogP) is 1.55. The third kappa shape index (κ3) is 6.10. The molecule has 1 aromatic rings. The van der Waals surface area contributed by atoms with E-state index in [1.54, 1.807) is 26.8 Å². The van der Waals surface area contributed by atoms with Gasteiger partial charge in [-0.2, -0.15) is 0 Å². The van der Waals surface area contributed by atoms with E-state index in [4.69, 9.17) is 14.2 Å². The Bertz CT molecular complexity index is 1150. The quantitative estimate of drug-likeness (QED) is 0.431. The van der Waals surface area contributed by atoms with Gasteiger partial charge in [0.25, 0.3) is 0 Å². The Balaban J connectivity index is 1.21. The highest BCUT2D eigenvalue weighted by molar-refractivity contribution is 5.97. The molecule has 2 heterocycles. The highest BCUT2D eigenvalue weighted by Gasteiger charge is 2.54. The number of amides is 2. The van der Waals surface area contributed by atoms with Crippen LogP contribution in [0.4, 0.5) is 0 Å². The summed E-state index contributed by atoms with van der Waals surface area (Å²) in [7, 11) is 0. The predicted molar refractivity (Wildman–Crippen MR) is 144 cm³/mol. The number of carbonyl (C=O) groups is 3. The van der Waals surface area contributed by atoms with Gasteiger partial charge in [0.1, 0.15) is 23.9 Å². The summed E-state index contributed by atoms with van der Waals surface area (Å²) in [5.41, 5.74) is 2.12. The summed E-state index contributed by atoms with van der Waals surface area (Å²) in [6, 6.07) is 6.74. The molecule has 0 radical (unpaired) electrons. The van der Waals surface area contributed by atoms with Crippen molar-refractivity contribution in [2.45, 2.75) is 108 Å². The maximum atomic E-state index is 13.6. The summed E-state index contributed by atoms with van der Waals surface area (Å²) >= 11 is 0. The summed E-state index contributed by atoms with van der Waals surface area (Å²) in [5.74, 6) is -1.92. The molecule has 5 unspecified atom stereocenters. The summed E-state index contributed by atoms with van der Waals surface area (Å²) in [6.07, 6.45) is 2.46. The van der Waals surface area contributed by atoms with Crippen molar-refractivity contribution in [3.63, 3.8) is 0 Å². The summed E-state index contributed by atoms with van der Waals surface area (Å²) < 4.78 is 17.9. The minimum atomic E-state index is -0.904. The number of ether oxygens (including phenoxy) is 3. The zero-order valence-corrected chi connectivity index (χ0v) is 23.4. The molecule has 0 saturated carbocycles. The van der Waals surface area contributed by atoms with Crippen molar-refractivity contribution in [1.82, 2.24) is 10.2 Å². The van der Waals surface area contributed by atoms with E-state index in [1.165, 1.54) is 4.90 Å². The average Bonchev–Trinajstić information content (AvgIpc) is 3.61. The van der Waals surface area contributed by atoms with Gasteiger partial charge in [-0.1, -0.05) is 24.3 Å². The van der Waals surface area contributed by atoms with Gasteiger partial charge in [0.2, 0.25) is 11.8 Å². The second-order valence-electron chi connectivity index (χ2n) is 12.3. The molecule has 2 aliphatic heterocycles. The molecule has 218 valence electrons. The van der Waals surface area contributed by atoms with Crippen LogP contribution < -0.4 is 5.32 Å². The molecular weight excluding hydrogens is 516 g/mol. The maximum absolute atomic E-state index is 13.6. The Labute approximate surface area is 234 Å². The van der Waals surface area contributed by atoms with Crippen molar-refractivity contribution < 1.29 is 38.8 Å². The van der Waals surface area contributed by atoms with E-state index in [0.717, 1.165) is 11.1 Å². The van der Waals surface area contributed by atoms with Gasteiger partial charge in [0, 0.05) is 37.8 Å². The number of hydrogen-bond acceptors (Lipinski definition) is 8. The van der Waals surface area contributed by atoms with E-state index < -0.39 is 47.8 Å². The first-order valence-electron chi connectivity index (χ1n) is 14.2. The second-order valence-corrected chi connectivity index (χ2v) is 12.3. The molecule has 1 spiro atoms. The van der Waals surface area contributed by atoms with Crippen molar-refractivity contribution >= 4 is 17.8 Å². The van der Waals surface area contributed by atoms with Crippen LogP contribution in [0.5, 0.6) is 0 Å². The minimum absolute atomic E-state index is 0.0536. The van der Waals surface area contributed by atoms with Gasteiger partial charge in [-0.05, 0) is 57.2 Å². The molecule has 0 bridgehead atoms. The second kappa shape index (κ2) is 11.2. The largest absolute Gasteiger partial charge is 0.460 e. The monoisotopic (exact) mass is 556 g/mol. The molecule has 3 N–H and O–H groups in total. The smallest absolute Gasteiger partial charge is 0.306 e. The Kier molecular flexibility index (Phi) is 8.07. The van der Waals surface area contributed by atoms with Crippen molar-refractivity contribution in [3.05, 3.63) is 47.0 Å². The van der Waals surface area contributed by atoms with Gasteiger partial charge in [-0.25, -0.2) is 0 Å². The van der Waals surface area contributed by atoms with Crippen LogP contribution in [0.1, 0.15) is 64.0 Å². The Hall–Kier alpha value is -2.79. The number of aliphatic hydroxyl groups excluding tert-OH is 2. The molecule has 4 aliphatic rings. The molecular formula is C30H40N2O8. The van der Waals surface area contributed by atoms with Crippen molar-refractivity contribution in [1.29, 1.82) is 0 Å². The fourth-order valence-corrected chi connectivity index (χ4v) is 6.22. The zero-order chi connectivity index (χ0) is 28.7. The van der Waals surface area contributed by atoms with Gasteiger partial charge in [-0.3, -0.25) is 14.4 Å². The zero-order valence-electron chi connectivity index (χ0n) is 23.4. The number of likely N-dealkylation sites (tertiary alicyclic amines) is 1. The van der Waals surface area contributed by atoms with Crippen LogP contribution in [-0.2, 0) is 41.4 Å². The summed E-state index contributed by atoms with van der Waals surface area (Å²) in [5, 5.41) is 23.5. The summed E-state index contributed by atoms with van der Waals surface area (Å²) in [4.78, 5) is 40.4. The Morgan fingerprint density at radius 3 is 2.52 bits per heavy atom. The molecule has 10 heteroatoms. The number of fused-ring (bicyclic) bond motifs is 2. The number of benzene rings is 1. The normalized spacial score (nSPS) is 27.6. The standard InChI is InChI=1S/C30H40N2O8/c1-29(2,3)39-25(35)11-10-21(17-33)31-27(36)22-9-6-12-32(22)28(37)20-13-23(34)26-24(14-20)38-30(40-26)15-18-7-4-5-8-19(18)16-30/h4-5,7-8,14,21-24,26,33-34H,6,9-13,15-17H2,1-3H3,(H,31,36). The number of aliphatic hydroxyl groups is 2. The number of hydrogen-bond donors (Lipinski definition) is 3. The highest BCUT2D eigenvalue weighted by Crippen LogP contribution is 2.44. The van der Waals surface area contributed by atoms with Crippen LogP contribution in [0, 0.1) is 0 Å². The van der Waals surface area contributed by atoms with Crippen molar-refractivity contribution in [2.75, 3.05) is 13.2 Å². The van der Waals surface area contributed by atoms with E-state index in [0.29, 0.717) is 37.8 Å². The van der Waals surface area contributed by atoms with Gasteiger partial charge >= 0.3 is 5.97 Å². The number of nitrogens with one attached hydrogen (secondary N) is 1. The van der Waals surface area contributed by atoms with Crippen LogP contribution in [0.3, 0.4) is 0 Å². The first-order valence-corrected chi connectivity index (χ1v) is 14.2. The average molecular weight is 557 g/mol. The first-order chi connectivity index (χ1) is 19.0. The third-order valence-electron chi connectivity index (χ3n) is 8.01. The molecule has 0 aromatic heterocycles. The molecule has 2 fully saturated rings. The molecule has 1 aromatic carbocycles. The highest BCUT2D eigenvalue weighted by atomic mass is 16.8. The van der Waals surface area contributed by atoms with Crippen LogP contribution >= 0.6 is 0 Å². The van der Waals surface area contributed by atoms with Gasteiger partial charge in [0.15, 0.2) is 5.79 Å². The van der Waals surface area contributed by atoms with Crippen LogP contribution in [0.2, 0.25) is 0 Å². The van der Waals surface area contributed by atoms with Gasteiger partial charge in [0.05, 0.1) is 18.8 Å². The third-order valence-corrected chi connectivity index (χ3v) is 8.01. The molecule has 2 amide bonds. The molecule has 5 atom stereocenters. The van der Waals surface area contributed by atoms with E-state index in [-0.39, 0.29) is 37.7 Å². The fraction of sp³-hybridized carbons (Fsp3) is 0.633. The van der Waals surface area contributed by atoms with Gasteiger partial charge in [-0.15, -0.1) is 0 Å². The topological polar surface area (TPSA) is 135 Å². The van der Waals surface area contributed by atoms with E-state index in [9.17, 15) is 24.6 Å². The lowest BCUT2D eigenvalue weighted by Crippen LogP contribution is -2.51. The maximum Gasteiger partial charge on any atom is 0.306 e. The lowest BCUT2D eigenvalue weighted by atomic mass is 9.91. The number of carbonyl (C=O) groups excluding carboxylic acids is 3. The Morgan fingerprint density at radius 1 is 1.18 bits per heavy atom. The Morgan fingerprint density at radius 2 is 1.88 bits per heavy atom. The number of nitrogens with zero attached hydrogens (tertiary/aromatic N) is 1. The lowest BCUT2D eigenvalue weighted by Gasteiger charge is -2.31. The summed E-state index contributed by atoms with van der Waals surface area (Å²) in [6.45, 7) is 5.41. The fourth-order valence-electron chi connectivity index (χ4n) is 6.22. The number of rotatable bonds is 7. The van der Waals surface area contributed by atoms with Crippen LogP contribution in [-0.4, -0.2) is 87.8 Å². The molecule has 5 rings (SSSR count).